The van der Waals surface area contributed by atoms with Gasteiger partial charge >= 0.3 is 0 Å². The topological polar surface area (TPSA) is 46.3 Å². The van der Waals surface area contributed by atoms with Crippen LogP contribution in [0.3, 0.4) is 0 Å². The molecule has 0 spiro atoms. The van der Waals surface area contributed by atoms with E-state index in [0.29, 0.717) is 13.0 Å². The van der Waals surface area contributed by atoms with Gasteiger partial charge in [-0.15, -0.1) is 0 Å². The van der Waals surface area contributed by atoms with Crippen molar-refractivity contribution in [2.75, 3.05) is 18.5 Å². The maximum Gasteiger partial charge on any atom is 0.227 e. The molecule has 1 aromatic rings. The Morgan fingerprint density at radius 1 is 1.39 bits per heavy atom. The lowest BCUT2D eigenvalue weighted by atomic mass is 10.0. The minimum Gasteiger partial charge on any atom is -0.330 e. The molecule has 0 saturated heterocycles. The van der Waals surface area contributed by atoms with Crippen molar-refractivity contribution in [1.29, 1.82) is 0 Å². The fourth-order valence-electron chi connectivity index (χ4n) is 2.09. The van der Waals surface area contributed by atoms with Gasteiger partial charge in [-0.1, -0.05) is 31.0 Å². The van der Waals surface area contributed by atoms with Gasteiger partial charge in [0, 0.05) is 19.2 Å². The molecule has 0 aliphatic rings. The van der Waals surface area contributed by atoms with E-state index in [4.69, 9.17) is 5.73 Å². The van der Waals surface area contributed by atoms with Crippen molar-refractivity contribution >= 4 is 11.6 Å². The van der Waals surface area contributed by atoms with Gasteiger partial charge in [-0.05, 0) is 37.9 Å². The highest BCUT2D eigenvalue weighted by molar-refractivity contribution is 5.93. The number of nitrogens with zero attached hydrogens (tertiary/aromatic N) is 1. The van der Waals surface area contributed by atoms with Gasteiger partial charge in [-0.3, -0.25) is 4.79 Å². The van der Waals surface area contributed by atoms with Gasteiger partial charge in [-0.2, -0.15) is 0 Å². The summed E-state index contributed by atoms with van der Waals surface area (Å²) >= 11 is 0. The average Bonchev–Trinajstić information content (AvgIpc) is 2.34. The van der Waals surface area contributed by atoms with Crippen molar-refractivity contribution in [2.45, 2.75) is 33.6 Å². The zero-order valence-corrected chi connectivity index (χ0v) is 11.9. The number of amides is 1. The summed E-state index contributed by atoms with van der Waals surface area (Å²) < 4.78 is 0. The predicted octanol–water partition coefficient (Wildman–Crippen LogP) is 2.64. The van der Waals surface area contributed by atoms with Crippen LogP contribution in [-0.4, -0.2) is 19.5 Å². The third-order valence-electron chi connectivity index (χ3n) is 3.46. The molecule has 0 aliphatic heterocycles. The minimum atomic E-state index is 0.138. The Morgan fingerprint density at radius 2 is 2.06 bits per heavy atom. The molecule has 3 heteroatoms. The lowest BCUT2D eigenvalue weighted by Gasteiger charge is -2.22. The minimum absolute atomic E-state index is 0.138. The first-order chi connectivity index (χ1) is 8.49. The van der Waals surface area contributed by atoms with Gasteiger partial charge < -0.3 is 10.6 Å². The number of hydrogen-bond acceptors (Lipinski definition) is 2. The van der Waals surface area contributed by atoms with Crippen LogP contribution in [0.15, 0.2) is 18.2 Å². The number of aryl methyl sites for hydroxylation is 2. The molecule has 0 bridgehead atoms. The normalized spacial score (nSPS) is 12.3. The van der Waals surface area contributed by atoms with Crippen molar-refractivity contribution in [3.8, 4) is 0 Å². The highest BCUT2D eigenvalue weighted by Crippen LogP contribution is 2.21. The number of hydrogen-bond donors (Lipinski definition) is 1. The summed E-state index contributed by atoms with van der Waals surface area (Å²) in [5.41, 5.74) is 8.98. The molecule has 1 atom stereocenters. The maximum absolute atomic E-state index is 12.2. The van der Waals surface area contributed by atoms with Gasteiger partial charge in [0.1, 0.15) is 0 Å². The van der Waals surface area contributed by atoms with Crippen LogP contribution in [-0.2, 0) is 4.79 Å². The molecule has 0 fully saturated rings. The maximum atomic E-state index is 12.2. The van der Waals surface area contributed by atoms with Crippen molar-refractivity contribution in [3.05, 3.63) is 29.3 Å². The third-order valence-corrected chi connectivity index (χ3v) is 3.46. The second-order valence-electron chi connectivity index (χ2n) is 4.96. The fraction of sp³-hybridized carbons (Fsp3) is 0.533. The molecule has 0 radical (unpaired) electrons. The lowest BCUT2D eigenvalue weighted by molar-refractivity contribution is -0.119. The molecule has 1 aromatic carbocycles. The average molecular weight is 248 g/mol. The first-order valence-electron chi connectivity index (χ1n) is 6.53. The van der Waals surface area contributed by atoms with Crippen molar-refractivity contribution in [1.82, 2.24) is 0 Å². The smallest absolute Gasteiger partial charge is 0.227 e. The van der Waals surface area contributed by atoms with Crippen LogP contribution in [0, 0.1) is 19.8 Å². The number of benzene rings is 1. The molecule has 0 aliphatic carbocycles. The molecule has 1 amide bonds. The zero-order valence-electron chi connectivity index (χ0n) is 11.9. The van der Waals surface area contributed by atoms with Crippen LogP contribution in [0.4, 0.5) is 5.69 Å². The zero-order chi connectivity index (χ0) is 13.7. The highest BCUT2D eigenvalue weighted by Gasteiger charge is 2.16. The third kappa shape index (κ3) is 3.57. The predicted molar refractivity (Wildman–Crippen MR) is 76.8 cm³/mol. The van der Waals surface area contributed by atoms with Crippen molar-refractivity contribution < 1.29 is 4.79 Å². The van der Waals surface area contributed by atoms with E-state index in [-0.39, 0.29) is 11.8 Å². The quantitative estimate of drug-likeness (QED) is 0.870. The van der Waals surface area contributed by atoms with Crippen LogP contribution in [0.2, 0.25) is 0 Å². The van der Waals surface area contributed by atoms with E-state index in [1.165, 1.54) is 5.56 Å². The molecule has 0 aromatic heterocycles. The van der Waals surface area contributed by atoms with E-state index in [0.717, 1.165) is 17.7 Å². The molecule has 18 heavy (non-hydrogen) atoms. The Balaban J connectivity index is 2.80. The molecule has 3 nitrogen and oxygen atoms in total. The van der Waals surface area contributed by atoms with E-state index < -0.39 is 0 Å². The van der Waals surface area contributed by atoms with E-state index in [1.807, 2.05) is 26.1 Å². The number of anilines is 1. The van der Waals surface area contributed by atoms with Crippen LogP contribution in [0.25, 0.3) is 0 Å². The van der Waals surface area contributed by atoms with Crippen LogP contribution in [0.1, 0.15) is 30.9 Å². The summed E-state index contributed by atoms with van der Waals surface area (Å²) in [5.74, 6) is 0.421. The summed E-state index contributed by atoms with van der Waals surface area (Å²) in [7, 11) is 1.84. The molecular weight excluding hydrogens is 224 g/mol. The number of carbonyl (C=O) groups is 1. The second kappa shape index (κ2) is 6.55. The number of carbonyl (C=O) groups excluding carboxylic acids is 1. The Kier molecular flexibility index (Phi) is 5.35. The monoisotopic (exact) mass is 248 g/mol. The number of rotatable bonds is 5. The lowest BCUT2D eigenvalue weighted by Crippen LogP contribution is -2.30. The van der Waals surface area contributed by atoms with E-state index in [1.54, 1.807) is 4.90 Å². The SMILES string of the molecule is CCC(CN)CC(=O)N(C)c1ccc(C)cc1C. The molecule has 1 unspecified atom stereocenters. The van der Waals surface area contributed by atoms with E-state index >= 15 is 0 Å². The summed E-state index contributed by atoms with van der Waals surface area (Å²) in [6, 6.07) is 6.14. The molecule has 0 saturated carbocycles. The van der Waals surface area contributed by atoms with Gasteiger partial charge in [-0.25, -0.2) is 0 Å². The van der Waals surface area contributed by atoms with Gasteiger partial charge in [0.15, 0.2) is 0 Å². The van der Waals surface area contributed by atoms with Gasteiger partial charge in [0.2, 0.25) is 5.91 Å². The Morgan fingerprint density at radius 3 is 2.56 bits per heavy atom. The van der Waals surface area contributed by atoms with Crippen LogP contribution < -0.4 is 10.6 Å². The molecule has 100 valence electrons. The summed E-state index contributed by atoms with van der Waals surface area (Å²) in [4.78, 5) is 13.9. The Bertz CT molecular complexity index is 411. The molecular formula is C15H24N2O. The first-order valence-corrected chi connectivity index (χ1v) is 6.53. The van der Waals surface area contributed by atoms with Crippen LogP contribution >= 0.6 is 0 Å². The van der Waals surface area contributed by atoms with E-state index in [2.05, 4.69) is 19.9 Å². The summed E-state index contributed by atoms with van der Waals surface area (Å²) in [5, 5.41) is 0. The first kappa shape index (κ1) is 14.7. The largest absolute Gasteiger partial charge is 0.330 e. The van der Waals surface area contributed by atoms with E-state index in [9.17, 15) is 4.79 Å². The Hall–Kier alpha value is -1.35. The summed E-state index contributed by atoms with van der Waals surface area (Å²) in [6.07, 6.45) is 1.47. The standard InChI is InChI=1S/C15H24N2O/c1-5-13(10-16)9-15(18)17(4)14-7-6-11(2)8-12(14)3/h6-8,13H,5,9-10,16H2,1-4H3. The Labute approximate surface area is 110 Å². The molecule has 0 heterocycles. The highest BCUT2D eigenvalue weighted by atomic mass is 16.2. The van der Waals surface area contributed by atoms with Gasteiger partial charge in [0.25, 0.3) is 0 Å². The molecule has 1 rings (SSSR count). The molecule has 2 N–H and O–H groups in total. The second-order valence-corrected chi connectivity index (χ2v) is 4.96. The van der Waals surface area contributed by atoms with Gasteiger partial charge in [0.05, 0.1) is 0 Å². The van der Waals surface area contributed by atoms with Crippen LogP contribution in [0.5, 0.6) is 0 Å². The van der Waals surface area contributed by atoms with Crippen molar-refractivity contribution in [3.63, 3.8) is 0 Å². The number of nitrogens with two attached hydrogens (primary N) is 1. The van der Waals surface area contributed by atoms with Crippen molar-refractivity contribution in [2.24, 2.45) is 11.7 Å². The summed E-state index contributed by atoms with van der Waals surface area (Å²) in [6.45, 7) is 6.73. The fourth-order valence-corrected chi connectivity index (χ4v) is 2.09.